The third-order valence-electron chi connectivity index (χ3n) is 3.49. The predicted molar refractivity (Wildman–Crippen MR) is 56.8 cm³/mol. The molecule has 1 aliphatic heterocycles. The van der Waals surface area contributed by atoms with Crippen molar-refractivity contribution in [1.82, 2.24) is 4.90 Å². The van der Waals surface area contributed by atoms with Crippen LogP contribution in [0.15, 0.2) is 11.6 Å². The Morgan fingerprint density at radius 3 is 2.69 bits per heavy atom. The summed E-state index contributed by atoms with van der Waals surface area (Å²) in [5.74, 6) is 0.863. The molecule has 0 bridgehead atoms. The van der Waals surface area contributed by atoms with Crippen LogP contribution in [0.5, 0.6) is 0 Å². The maximum Gasteiger partial charge on any atom is 0.0195 e. The summed E-state index contributed by atoms with van der Waals surface area (Å²) in [4.78, 5) is 2.64. The van der Waals surface area contributed by atoms with E-state index >= 15 is 0 Å². The van der Waals surface area contributed by atoms with Gasteiger partial charge in [0.25, 0.3) is 0 Å². The van der Waals surface area contributed by atoms with Gasteiger partial charge in [0.2, 0.25) is 0 Å². The Kier molecular flexibility index (Phi) is 3.05. The zero-order valence-corrected chi connectivity index (χ0v) is 8.76. The fourth-order valence-electron chi connectivity index (χ4n) is 2.50. The number of piperidine rings is 1. The molecule has 1 heteroatoms. The van der Waals surface area contributed by atoms with Crippen LogP contribution in [-0.2, 0) is 0 Å². The molecule has 74 valence electrons. The largest absolute Gasteiger partial charge is 0.299 e. The summed E-state index contributed by atoms with van der Waals surface area (Å²) < 4.78 is 0. The van der Waals surface area contributed by atoms with Crippen LogP contribution in [0, 0.1) is 5.92 Å². The summed E-state index contributed by atoms with van der Waals surface area (Å²) in [6.07, 6.45) is 9.47. The van der Waals surface area contributed by atoms with E-state index in [0.29, 0.717) is 0 Å². The molecule has 1 nitrogen and oxygen atoms in total. The molecule has 0 aromatic heterocycles. The van der Waals surface area contributed by atoms with Crippen LogP contribution < -0.4 is 0 Å². The second kappa shape index (κ2) is 4.28. The van der Waals surface area contributed by atoms with Crippen LogP contribution in [0.1, 0.15) is 39.0 Å². The van der Waals surface area contributed by atoms with Gasteiger partial charge in [0.1, 0.15) is 0 Å². The first-order valence-electron chi connectivity index (χ1n) is 5.77. The minimum atomic E-state index is 0.863. The quantitative estimate of drug-likeness (QED) is 0.589. The minimum Gasteiger partial charge on any atom is -0.299 e. The topological polar surface area (TPSA) is 3.24 Å². The first kappa shape index (κ1) is 9.26. The first-order chi connectivity index (χ1) is 6.36. The van der Waals surface area contributed by atoms with Crippen LogP contribution in [0.4, 0.5) is 0 Å². The van der Waals surface area contributed by atoms with Crippen LogP contribution >= 0.6 is 0 Å². The zero-order chi connectivity index (χ0) is 9.10. The Balaban J connectivity index is 1.82. The van der Waals surface area contributed by atoms with Crippen molar-refractivity contribution < 1.29 is 0 Å². The number of hydrogen-bond donors (Lipinski definition) is 0. The van der Waals surface area contributed by atoms with E-state index in [1.54, 1.807) is 5.57 Å². The van der Waals surface area contributed by atoms with Crippen molar-refractivity contribution in [2.24, 2.45) is 5.92 Å². The van der Waals surface area contributed by atoms with Gasteiger partial charge in [0, 0.05) is 6.54 Å². The highest BCUT2D eigenvalue weighted by atomic mass is 15.1. The first-order valence-corrected chi connectivity index (χ1v) is 5.77. The number of hydrogen-bond acceptors (Lipinski definition) is 1. The van der Waals surface area contributed by atoms with Gasteiger partial charge in [-0.3, -0.25) is 4.90 Å². The molecule has 1 unspecified atom stereocenters. The molecular weight excluding hydrogens is 158 g/mol. The van der Waals surface area contributed by atoms with Crippen molar-refractivity contribution in [2.75, 3.05) is 19.6 Å². The molecule has 1 saturated heterocycles. The van der Waals surface area contributed by atoms with E-state index in [4.69, 9.17) is 0 Å². The van der Waals surface area contributed by atoms with Crippen molar-refractivity contribution in [1.29, 1.82) is 0 Å². The van der Waals surface area contributed by atoms with Crippen molar-refractivity contribution in [3.05, 3.63) is 11.6 Å². The molecule has 0 aromatic carbocycles. The van der Waals surface area contributed by atoms with Gasteiger partial charge in [-0.2, -0.15) is 0 Å². The average Bonchev–Trinajstić information content (AvgIpc) is 2.54. The van der Waals surface area contributed by atoms with Gasteiger partial charge in [-0.15, -0.1) is 0 Å². The third-order valence-corrected chi connectivity index (χ3v) is 3.49. The molecule has 0 saturated carbocycles. The van der Waals surface area contributed by atoms with Crippen molar-refractivity contribution in [3.63, 3.8) is 0 Å². The third kappa shape index (κ3) is 2.34. The highest BCUT2D eigenvalue weighted by Crippen LogP contribution is 2.26. The molecule has 1 atom stereocenters. The van der Waals surface area contributed by atoms with Gasteiger partial charge in [0.15, 0.2) is 0 Å². The van der Waals surface area contributed by atoms with Gasteiger partial charge in [-0.1, -0.05) is 25.0 Å². The monoisotopic (exact) mass is 179 g/mol. The Bertz CT molecular complexity index is 189. The molecule has 0 spiro atoms. The smallest absolute Gasteiger partial charge is 0.0195 e. The van der Waals surface area contributed by atoms with Gasteiger partial charge in [0.05, 0.1) is 0 Å². The van der Waals surface area contributed by atoms with Gasteiger partial charge < -0.3 is 0 Å². The summed E-state index contributed by atoms with van der Waals surface area (Å²) >= 11 is 0. The van der Waals surface area contributed by atoms with E-state index in [0.717, 1.165) is 5.92 Å². The van der Waals surface area contributed by atoms with E-state index < -0.39 is 0 Å². The fourth-order valence-corrected chi connectivity index (χ4v) is 2.50. The van der Waals surface area contributed by atoms with E-state index in [1.165, 1.54) is 51.7 Å². The Hall–Kier alpha value is -0.300. The summed E-state index contributed by atoms with van der Waals surface area (Å²) in [6, 6.07) is 0. The van der Waals surface area contributed by atoms with Crippen LogP contribution in [-0.4, -0.2) is 24.5 Å². The molecule has 0 amide bonds. The maximum atomic E-state index is 2.64. The highest BCUT2D eigenvalue weighted by molar-refractivity contribution is 5.13. The molecule has 0 aromatic rings. The summed E-state index contributed by atoms with van der Waals surface area (Å²) in [5, 5.41) is 0. The maximum absolute atomic E-state index is 2.64. The molecule has 1 fully saturated rings. The van der Waals surface area contributed by atoms with E-state index in [2.05, 4.69) is 17.9 Å². The number of likely N-dealkylation sites (tertiary alicyclic amines) is 1. The highest BCUT2D eigenvalue weighted by Gasteiger charge is 2.18. The van der Waals surface area contributed by atoms with E-state index in [9.17, 15) is 0 Å². The molecule has 2 aliphatic rings. The summed E-state index contributed by atoms with van der Waals surface area (Å²) in [7, 11) is 0. The second-order valence-electron chi connectivity index (χ2n) is 4.59. The van der Waals surface area contributed by atoms with Gasteiger partial charge >= 0.3 is 0 Å². The lowest BCUT2D eigenvalue weighted by Crippen LogP contribution is -2.32. The molecule has 1 aliphatic carbocycles. The zero-order valence-electron chi connectivity index (χ0n) is 8.76. The van der Waals surface area contributed by atoms with Gasteiger partial charge in [-0.05, 0) is 44.7 Å². The summed E-state index contributed by atoms with van der Waals surface area (Å²) in [5.41, 5.74) is 1.71. The van der Waals surface area contributed by atoms with E-state index in [1.807, 2.05) is 0 Å². The van der Waals surface area contributed by atoms with Crippen LogP contribution in [0.25, 0.3) is 0 Å². The molecule has 0 radical (unpaired) electrons. The standard InChI is InChI=1S/C12H21N/c1-11-6-5-7-12(11)10-13-8-3-2-4-9-13/h7,11H,2-6,8-10H2,1H3. The van der Waals surface area contributed by atoms with Crippen LogP contribution in [0.2, 0.25) is 0 Å². The molecule has 2 rings (SSSR count). The van der Waals surface area contributed by atoms with Gasteiger partial charge in [-0.25, -0.2) is 0 Å². The SMILES string of the molecule is CC1CCC=C1CN1CCCCC1. The lowest BCUT2D eigenvalue weighted by atomic mass is 10.0. The Morgan fingerprint density at radius 1 is 1.31 bits per heavy atom. The Labute approximate surface area is 81.8 Å². The average molecular weight is 179 g/mol. The van der Waals surface area contributed by atoms with Crippen LogP contribution in [0.3, 0.4) is 0 Å². The molecule has 13 heavy (non-hydrogen) atoms. The van der Waals surface area contributed by atoms with Crippen molar-refractivity contribution >= 4 is 0 Å². The van der Waals surface area contributed by atoms with E-state index in [-0.39, 0.29) is 0 Å². The molecule has 1 heterocycles. The number of nitrogens with zero attached hydrogens (tertiary/aromatic N) is 1. The minimum absolute atomic E-state index is 0.863. The normalized spacial score (nSPS) is 30.5. The lowest BCUT2D eigenvalue weighted by Gasteiger charge is -2.28. The predicted octanol–water partition coefficient (Wildman–Crippen LogP) is 2.83. The number of rotatable bonds is 2. The summed E-state index contributed by atoms with van der Waals surface area (Å²) in [6.45, 7) is 6.32. The lowest BCUT2D eigenvalue weighted by molar-refractivity contribution is 0.242. The number of allylic oxidation sites excluding steroid dienone is 1. The fraction of sp³-hybridized carbons (Fsp3) is 0.833. The molecular formula is C12H21N. The van der Waals surface area contributed by atoms with Crippen molar-refractivity contribution in [3.8, 4) is 0 Å². The molecule has 0 N–H and O–H groups in total. The van der Waals surface area contributed by atoms with Crippen molar-refractivity contribution in [2.45, 2.75) is 39.0 Å². The second-order valence-corrected chi connectivity index (χ2v) is 4.59. The Morgan fingerprint density at radius 2 is 2.08 bits per heavy atom.